The van der Waals surface area contributed by atoms with E-state index in [2.05, 4.69) is 27.2 Å². The number of fused-ring (bicyclic) bond motifs is 1. The summed E-state index contributed by atoms with van der Waals surface area (Å²) in [4.78, 5) is 22.7. The van der Waals surface area contributed by atoms with Gasteiger partial charge < -0.3 is 14.2 Å². The average Bonchev–Trinajstić information content (AvgIpc) is 3.44. The number of nitrogens with zero attached hydrogens (tertiary/aromatic N) is 4. The first kappa shape index (κ1) is 20.7. The second-order valence-corrected chi connectivity index (χ2v) is 8.91. The van der Waals surface area contributed by atoms with Crippen molar-refractivity contribution in [3.8, 4) is 17.1 Å². The third-order valence-electron chi connectivity index (χ3n) is 5.87. The summed E-state index contributed by atoms with van der Waals surface area (Å²) in [5, 5.41) is 5.27. The molecule has 1 aliphatic heterocycles. The van der Waals surface area contributed by atoms with E-state index in [1.165, 1.54) is 5.39 Å². The lowest BCUT2D eigenvalue weighted by Crippen LogP contribution is -2.48. The van der Waals surface area contributed by atoms with Crippen molar-refractivity contribution in [1.29, 1.82) is 0 Å². The molecule has 1 saturated heterocycles. The summed E-state index contributed by atoms with van der Waals surface area (Å²) >= 11 is 1.59. The zero-order valence-corrected chi connectivity index (χ0v) is 18.9. The fourth-order valence-corrected chi connectivity index (χ4v) is 5.18. The van der Waals surface area contributed by atoms with E-state index < -0.39 is 0 Å². The standard InChI is InChI=1S/C24H24N4O3S/c1-16-19-5-3-4-6-20(19)32-22(16)24(29)28-13-11-27(12-14-28)15-21-25-23(26-31-21)17-7-9-18(30-2)10-8-17/h3-10H,11-15H2,1-2H3. The zero-order chi connectivity index (χ0) is 22.1. The van der Waals surface area contributed by atoms with Gasteiger partial charge in [0, 0.05) is 36.4 Å². The first-order valence-corrected chi connectivity index (χ1v) is 11.4. The molecule has 4 aromatic rings. The largest absolute Gasteiger partial charge is 0.497 e. The van der Waals surface area contributed by atoms with Gasteiger partial charge >= 0.3 is 0 Å². The molecule has 0 bridgehead atoms. The van der Waals surface area contributed by atoms with Gasteiger partial charge in [-0.05, 0) is 48.2 Å². The SMILES string of the molecule is COc1ccc(-c2noc(CN3CCN(C(=O)c4sc5ccccc5c4C)CC3)n2)cc1. The van der Waals surface area contributed by atoms with Crippen molar-refractivity contribution in [2.45, 2.75) is 13.5 Å². The number of benzene rings is 2. The highest BCUT2D eigenvalue weighted by molar-refractivity contribution is 7.21. The molecule has 0 N–H and O–H groups in total. The smallest absolute Gasteiger partial charge is 0.264 e. The molecule has 0 saturated carbocycles. The van der Waals surface area contributed by atoms with Crippen LogP contribution in [0.15, 0.2) is 53.1 Å². The predicted molar refractivity (Wildman–Crippen MR) is 124 cm³/mol. The average molecular weight is 449 g/mol. The number of aromatic nitrogens is 2. The van der Waals surface area contributed by atoms with E-state index in [0.717, 1.165) is 39.5 Å². The minimum Gasteiger partial charge on any atom is -0.497 e. The third-order valence-corrected chi connectivity index (χ3v) is 7.13. The first-order valence-electron chi connectivity index (χ1n) is 10.6. The number of hydrogen-bond acceptors (Lipinski definition) is 7. The number of amides is 1. The molecule has 5 rings (SSSR count). The van der Waals surface area contributed by atoms with Gasteiger partial charge in [0.25, 0.3) is 5.91 Å². The number of rotatable bonds is 5. The number of piperazine rings is 1. The molecule has 0 radical (unpaired) electrons. The Labute approximate surface area is 190 Å². The molecule has 0 aliphatic carbocycles. The lowest BCUT2D eigenvalue weighted by atomic mass is 10.1. The number of hydrogen-bond donors (Lipinski definition) is 0. The molecule has 0 unspecified atom stereocenters. The van der Waals surface area contributed by atoms with E-state index in [1.54, 1.807) is 18.4 Å². The van der Waals surface area contributed by atoms with Crippen LogP contribution < -0.4 is 4.74 Å². The Bertz CT molecular complexity index is 1240. The molecule has 32 heavy (non-hydrogen) atoms. The summed E-state index contributed by atoms with van der Waals surface area (Å²) in [6, 6.07) is 15.8. The lowest BCUT2D eigenvalue weighted by molar-refractivity contribution is 0.0619. The summed E-state index contributed by atoms with van der Waals surface area (Å²) in [6.07, 6.45) is 0. The summed E-state index contributed by atoms with van der Waals surface area (Å²) in [5.41, 5.74) is 1.96. The van der Waals surface area contributed by atoms with Gasteiger partial charge in [0.1, 0.15) is 5.75 Å². The Morgan fingerprint density at radius 1 is 1.09 bits per heavy atom. The summed E-state index contributed by atoms with van der Waals surface area (Å²) in [7, 11) is 1.64. The third kappa shape index (κ3) is 3.99. The maximum Gasteiger partial charge on any atom is 0.264 e. The van der Waals surface area contributed by atoms with Crippen LogP contribution in [0.4, 0.5) is 0 Å². The van der Waals surface area contributed by atoms with Crippen LogP contribution >= 0.6 is 11.3 Å². The van der Waals surface area contributed by atoms with E-state index in [4.69, 9.17) is 9.26 Å². The number of carbonyl (C=O) groups excluding carboxylic acids is 1. The fourth-order valence-electron chi connectivity index (χ4n) is 4.00. The molecule has 8 heteroatoms. The molecule has 7 nitrogen and oxygen atoms in total. The van der Waals surface area contributed by atoms with Crippen LogP contribution in [0.3, 0.4) is 0 Å². The predicted octanol–water partition coefficient (Wildman–Crippen LogP) is 4.23. The normalized spacial score (nSPS) is 14.8. The van der Waals surface area contributed by atoms with E-state index >= 15 is 0 Å². The fraction of sp³-hybridized carbons (Fsp3) is 0.292. The minimum absolute atomic E-state index is 0.128. The number of thiophene rings is 1. The molecule has 2 aromatic carbocycles. The summed E-state index contributed by atoms with van der Waals surface area (Å²) in [6.45, 7) is 5.54. The molecule has 1 aliphatic rings. The van der Waals surface area contributed by atoms with Gasteiger partial charge in [-0.2, -0.15) is 4.98 Å². The van der Waals surface area contributed by atoms with E-state index in [-0.39, 0.29) is 5.91 Å². The lowest BCUT2D eigenvalue weighted by Gasteiger charge is -2.33. The Hall–Kier alpha value is -3.23. The maximum atomic E-state index is 13.1. The van der Waals surface area contributed by atoms with Crippen molar-refractivity contribution in [3.63, 3.8) is 0 Å². The van der Waals surface area contributed by atoms with Crippen LogP contribution in [0.5, 0.6) is 5.75 Å². The van der Waals surface area contributed by atoms with E-state index in [1.807, 2.05) is 48.2 Å². The quantitative estimate of drug-likeness (QED) is 0.455. The van der Waals surface area contributed by atoms with E-state index in [0.29, 0.717) is 31.3 Å². The molecule has 0 spiro atoms. The monoisotopic (exact) mass is 448 g/mol. The first-order chi connectivity index (χ1) is 15.6. The molecule has 1 fully saturated rings. The molecular formula is C24H24N4O3S. The highest BCUT2D eigenvalue weighted by Crippen LogP contribution is 2.31. The Balaban J connectivity index is 1.20. The van der Waals surface area contributed by atoms with Gasteiger partial charge in [-0.15, -0.1) is 11.3 Å². The van der Waals surface area contributed by atoms with Crippen molar-refractivity contribution < 1.29 is 14.1 Å². The van der Waals surface area contributed by atoms with Gasteiger partial charge in [-0.1, -0.05) is 23.4 Å². The van der Waals surface area contributed by atoms with Crippen LogP contribution in [-0.4, -0.2) is 59.1 Å². The Kier molecular flexibility index (Phi) is 5.63. The minimum atomic E-state index is 0.128. The Morgan fingerprint density at radius 2 is 1.84 bits per heavy atom. The zero-order valence-electron chi connectivity index (χ0n) is 18.1. The highest BCUT2D eigenvalue weighted by Gasteiger charge is 2.26. The van der Waals surface area contributed by atoms with Crippen LogP contribution in [0.1, 0.15) is 21.1 Å². The molecule has 164 valence electrons. The van der Waals surface area contributed by atoms with Crippen LogP contribution in [-0.2, 0) is 6.54 Å². The summed E-state index contributed by atoms with van der Waals surface area (Å²) < 4.78 is 11.8. The van der Waals surface area contributed by atoms with Crippen molar-refractivity contribution in [1.82, 2.24) is 19.9 Å². The summed E-state index contributed by atoms with van der Waals surface area (Å²) in [5.74, 6) is 2.06. The van der Waals surface area contributed by atoms with E-state index in [9.17, 15) is 4.79 Å². The van der Waals surface area contributed by atoms with Gasteiger partial charge in [-0.3, -0.25) is 9.69 Å². The number of ether oxygens (including phenoxy) is 1. The second-order valence-electron chi connectivity index (χ2n) is 7.86. The van der Waals surface area contributed by atoms with Gasteiger partial charge in [0.15, 0.2) is 0 Å². The molecular weight excluding hydrogens is 424 g/mol. The van der Waals surface area contributed by atoms with Gasteiger partial charge in [0.2, 0.25) is 11.7 Å². The van der Waals surface area contributed by atoms with Crippen LogP contribution in [0.25, 0.3) is 21.5 Å². The second kappa shape index (κ2) is 8.72. The number of carbonyl (C=O) groups is 1. The highest BCUT2D eigenvalue weighted by atomic mass is 32.1. The number of methoxy groups -OCH3 is 1. The van der Waals surface area contributed by atoms with Crippen molar-refractivity contribution in [2.75, 3.05) is 33.3 Å². The molecule has 3 heterocycles. The van der Waals surface area contributed by atoms with Crippen LogP contribution in [0.2, 0.25) is 0 Å². The van der Waals surface area contributed by atoms with Gasteiger partial charge in [0.05, 0.1) is 18.5 Å². The van der Waals surface area contributed by atoms with Crippen molar-refractivity contribution >= 4 is 27.3 Å². The molecule has 2 aromatic heterocycles. The van der Waals surface area contributed by atoms with Gasteiger partial charge in [-0.25, -0.2) is 0 Å². The van der Waals surface area contributed by atoms with Crippen LogP contribution in [0, 0.1) is 6.92 Å². The number of aryl methyl sites for hydroxylation is 1. The van der Waals surface area contributed by atoms with Crippen molar-refractivity contribution in [2.24, 2.45) is 0 Å². The molecule has 1 amide bonds. The van der Waals surface area contributed by atoms with Crippen molar-refractivity contribution in [3.05, 3.63) is 64.9 Å². The topological polar surface area (TPSA) is 71.7 Å². The maximum absolute atomic E-state index is 13.1. The molecule has 0 atom stereocenters. The Morgan fingerprint density at radius 3 is 2.56 bits per heavy atom.